The zero-order valence-electron chi connectivity index (χ0n) is 15.6. The average Bonchev–Trinajstić information content (AvgIpc) is 2.78. The Morgan fingerprint density at radius 3 is 2.32 bits per heavy atom. The van der Waals surface area contributed by atoms with Crippen LogP contribution in [0.3, 0.4) is 0 Å². The van der Waals surface area contributed by atoms with Gasteiger partial charge in [-0.2, -0.15) is 0 Å². The van der Waals surface area contributed by atoms with Crippen molar-refractivity contribution in [3.63, 3.8) is 0 Å². The quantitative estimate of drug-likeness (QED) is 0.624. The van der Waals surface area contributed by atoms with Gasteiger partial charge in [0.25, 0.3) is 0 Å². The van der Waals surface area contributed by atoms with Crippen molar-refractivity contribution in [3.05, 3.63) is 35.9 Å². The van der Waals surface area contributed by atoms with Gasteiger partial charge in [0, 0.05) is 12.1 Å². The first-order valence-electron chi connectivity index (χ1n) is 9.49. The second-order valence-corrected chi connectivity index (χ2v) is 14.2. The molecule has 1 unspecified atom stereocenters. The zero-order valence-corrected chi connectivity index (χ0v) is 16.6. The molecule has 138 valence electrons. The maximum absolute atomic E-state index is 12.6. The topological polar surface area (TPSA) is 49.8 Å². The minimum atomic E-state index is -1.12. The Labute approximate surface area is 152 Å². The molecule has 2 fully saturated rings. The smallest absolute Gasteiger partial charge is 0.316 e. The molecular formula is C20H31NO3Si. The molecule has 0 spiro atoms. The second kappa shape index (κ2) is 7.60. The predicted molar refractivity (Wildman–Crippen MR) is 102 cm³/mol. The van der Waals surface area contributed by atoms with Crippen LogP contribution in [0.5, 0.6) is 0 Å². The molecule has 0 aliphatic carbocycles. The van der Waals surface area contributed by atoms with Gasteiger partial charge in [-0.05, 0) is 37.4 Å². The molecule has 25 heavy (non-hydrogen) atoms. The molecule has 2 aliphatic rings. The largest absolute Gasteiger partial charge is 0.462 e. The van der Waals surface area contributed by atoms with Gasteiger partial charge in [-0.1, -0.05) is 50.0 Å². The van der Waals surface area contributed by atoms with Crippen LogP contribution in [0.4, 0.5) is 0 Å². The number of hydrogen-bond donors (Lipinski definition) is 1. The molecule has 3 rings (SSSR count). The van der Waals surface area contributed by atoms with E-state index < -0.39 is 14.0 Å². The van der Waals surface area contributed by atoms with Gasteiger partial charge in [-0.3, -0.25) is 9.69 Å². The van der Waals surface area contributed by atoms with Gasteiger partial charge in [0.1, 0.15) is 12.0 Å². The molecule has 0 saturated carbocycles. The fourth-order valence-electron chi connectivity index (χ4n) is 4.37. The Bertz CT molecular complexity index is 572. The first-order chi connectivity index (χ1) is 11.9. The number of hydrogen-bond acceptors (Lipinski definition) is 4. The maximum atomic E-state index is 12.6. The molecule has 0 amide bonds. The number of carbonyl (C=O) groups excluding carboxylic acids is 1. The summed E-state index contributed by atoms with van der Waals surface area (Å²) in [6, 6.07) is 10.6. The van der Waals surface area contributed by atoms with E-state index in [1.165, 1.54) is 19.0 Å². The predicted octanol–water partition coefficient (Wildman–Crippen LogP) is 3.18. The Hall–Kier alpha value is -1.17. The highest BCUT2D eigenvalue weighted by Crippen LogP contribution is 2.38. The summed E-state index contributed by atoms with van der Waals surface area (Å²) < 4.78 is 5.84. The van der Waals surface area contributed by atoms with E-state index in [2.05, 4.69) is 24.5 Å². The molecule has 2 aliphatic heterocycles. The van der Waals surface area contributed by atoms with Crippen LogP contribution in [0, 0.1) is 0 Å². The summed E-state index contributed by atoms with van der Waals surface area (Å²) in [6.07, 6.45) is 5.59. The van der Waals surface area contributed by atoms with E-state index in [1.807, 2.05) is 30.3 Å². The van der Waals surface area contributed by atoms with Crippen LogP contribution in [0.15, 0.2) is 30.3 Å². The standard InChI is InChI=1S/C20H31NO3Si/c1-25(2,3)14-21-16-9-10-17(21)12-18(11-16)24-20(23)19(13-22)15-7-5-4-6-8-15/h4-8,16-19,22H,9-14H2,1-3H3/t16-,17+,18+,19?. The first-order valence-corrected chi connectivity index (χ1v) is 13.2. The van der Waals surface area contributed by atoms with Crippen molar-refractivity contribution in [2.45, 2.75) is 69.4 Å². The third-order valence-corrected chi connectivity index (χ3v) is 6.76. The monoisotopic (exact) mass is 361 g/mol. The highest BCUT2D eigenvalue weighted by atomic mass is 28.3. The number of ether oxygens (including phenoxy) is 1. The van der Waals surface area contributed by atoms with E-state index in [0.29, 0.717) is 12.1 Å². The lowest BCUT2D eigenvalue weighted by Crippen LogP contribution is -2.51. The molecule has 2 saturated heterocycles. The number of rotatable bonds is 6. The van der Waals surface area contributed by atoms with Crippen molar-refractivity contribution < 1.29 is 14.6 Å². The fraction of sp³-hybridized carbons (Fsp3) is 0.650. The Balaban J connectivity index is 1.61. The summed E-state index contributed by atoms with van der Waals surface area (Å²) in [6.45, 7) is 7.06. The summed E-state index contributed by atoms with van der Waals surface area (Å²) >= 11 is 0. The van der Waals surface area contributed by atoms with Crippen molar-refractivity contribution in [2.75, 3.05) is 12.8 Å². The molecule has 1 aromatic rings. The first kappa shape index (κ1) is 18.6. The molecule has 5 heteroatoms. The molecule has 1 aromatic carbocycles. The molecule has 0 aromatic heterocycles. The summed E-state index contributed by atoms with van der Waals surface area (Å²) in [5.41, 5.74) is 0.828. The lowest BCUT2D eigenvalue weighted by atomic mass is 9.98. The summed E-state index contributed by atoms with van der Waals surface area (Å²) in [5.74, 6) is -0.851. The van der Waals surface area contributed by atoms with Crippen molar-refractivity contribution in [1.82, 2.24) is 4.90 Å². The Kier molecular flexibility index (Phi) is 5.66. The van der Waals surface area contributed by atoms with Gasteiger partial charge in [0.05, 0.1) is 14.7 Å². The van der Waals surface area contributed by atoms with Crippen molar-refractivity contribution >= 4 is 14.0 Å². The normalized spacial score (nSPS) is 27.9. The highest BCUT2D eigenvalue weighted by molar-refractivity contribution is 6.76. The molecule has 2 bridgehead atoms. The van der Waals surface area contributed by atoms with E-state index in [1.54, 1.807) is 0 Å². The second-order valence-electron chi connectivity index (χ2n) is 8.79. The van der Waals surface area contributed by atoms with Crippen molar-refractivity contribution in [2.24, 2.45) is 0 Å². The minimum Gasteiger partial charge on any atom is -0.462 e. The van der Waals surface area contributed by atoms with Gasteiger partial charge >= 0.3 is 5.97 Å². The minimum absolute atomic E-state index is 0.000599. The van der Waals surface area contributed by atoms with E-state index in [9.17, 15) is 9.90 Å². The van der Waals surface area contributed by atoms with Crippen LogP contribution in [0.1, 0.15) is 37.2 Å². The summed E-state index contributed by atoms with van der Waals surface area (Å²) in [5, 5.41) is 9.66. The van der Waals surface area contributed by atoms with Crippen LogP contribution in [0.25, 0.3) is 0 Å². The summed E-state index contributed by atoms with van der Waals surface area (Å²) in [4.78, 5) is 15.3. The molecule has 0 radical (unpaired) electrons. The maximum Gasteiger partial charge on any atom is 0.316 e. The number of aliphatic hydroxyl groups excluding tert-OH is 1. The van der Waals surface area contributed by atoms with Crippen LogP contribution < -0.4 is 0 Å². The molecule has 4 nitrogen and oxygen atoms in total. The van der Waals surface area contributed by atoms with E-state index in [4.69, 9.17) is 4.74 Å². The fourth-order valence-corrected chi connectivity index (χ4v) is 5.99. The Morgan fingerprint density at radius 2 is 1.80 bits per heavy atom. The van der Waals surface area contributed by atoms with Gasteiger partial charge in [-0.25, -0.2) is 0 Å². The number of aliphatic hydroxyl groups is 1. The van der Waals surface area contributed by atoms with E-state index >= 15 is 0 Å². The average molecular weight is 362 g/mol. The highest BCUT2D eigenvalue weighted by Gasteiger charge is 2.43. The van der Waals surface area contributed by atoms with Crippen LogP contribution in [-0.4, -0.2) is 55.0 Å². The lowest BCUT2D eigenvalue weighted by Gasteiger charge is -2.41. The number of benzene rings is 1. The van der Waals surface area contributed by atoms with Gasteiger partial charge in [0.15, 0.2) is 0 Å². The van der Waals surface area contributed by atoms with Crippen LogP contribution in [-0.2, 0) is 9.53 Å². The number of esters is 1. The summed E-state index contributed by atoms with van der Waals surface area (Å²) in [7, 11) is -1.12. The number of fused-ring (bicyclic) bond motifs is 2. The SMILES string of the molecule is C[Si](C)(C)CN1[C@@H]2CC[C@H]1C[C@@H](OC(=O)C(CO)c1ccccc1)C2. The Morgan fingerprint density at radius 1 is 1.20 bits per heavy atom. The van der Waals surface area contributed by atoms with Crippen molar-refractivity contribution in [3.8, 4) is 0 Å². The van der Waals surface area contributed by atoms with Crippen LogP contribution in [0.2, 0.25) is 19.6 Å². The third kappa shape index (κ3) is 4.52. The van der Waals surface area contributed by atoms with Gasteiger partial charge < -0.3 is 9.84 Å². The molecule has 2 heterocycles. The van der Waals surface area contributed by atoms with Gasteiger partial charge in [0.2, 0.25) is 0 Å². The lowest BCUT2D eigenvalue weighted by molar-refractivity contribution is -0.155. The van der Waals surface area contributed by atoms with Crippen molar-refractivity contribution in [1.29, 1.82) is 0 Å². The van der Waals surface area contributed by atoms with Crippen LogP contribution >= 0.6 is 0 Å². The molecular weight excluding hydrogens is 330 g/mol. The number of piperidine rings is 1. The van der Waals surface area contributed by atoms with E-state index in [0.717, 1.165) is 18.4 Å². The van der Waals surface area contributed by atoms with E-state index in [-0.39, 0.29) is 18.7 Å². The van der Waals surface area contributed by atoms with Gasteiger partial charge in [-0.15, -0.1) is 0 Å². The molecule has 1 N–H and O–H groups in total. The third-order valence-electron chi connectivity index (χ3n) is 5.45. The zero-order chi connectivity index (χ0) is 18.0. The molecule has 4 atom stereocenters. The number of nitrogens with zero attached hydrogens (tertiary/aromatic N) is 1. The number of carbonyl (C=O) groups is 1.